The number of carbonyl (C=O) groups excluding carboxylic acids is 6. The van der Waals surface area contributed by atoms with Crippen LogP contribution in [0.1, 0.15) is 101 Å². The highest BCUT2D eigenvalue weighted by atomic mass is 33.1. The van der Waals surface area contributed by atoms with Crippen LogP contribution in [0, 0.1) is 12.8 Å². The second kappa shape index (κ2) is 27.3. The molecule has 0 saturated carbocycles. The molecule has 4 aliphatic rings. The lowest BCUT2D eigenvalue weighted by Crippen LogP contribution is -2.42. The van der Waals surface area contributed by atoms with E-state index in [9.17, 15) is 43.5 Å². The van der Waals surface area contributed by atoms with Crippen molar-refractivity contribution in [3.05, 3.63) is 152 Å². The Hall–Kier alpha value is -10.1. The summed E-state index contributed by atoms with van der Waals surface area (Å²) in [4.78, 5) is 136. The number of nitrogens with zero attached hydrogens (tertiary/aromatic N) is 5. The Morgan fingerprint density at radius 1 is 0.831 bits per heavy atom. The number of amides is 3. The van der Waals surface area contributed by atoms with Crippen LogP contribution >= 0.6 is 21.6 Å². The number of aromatic amines is 3. The molecule has 0 fully saturated rings. The molecule has 1 aromatic carbocycles. The fraction of sp³-hybridized carbons (Fsp3) is 0.295. The topological polar surface area (TPSA) is 380 Å². The highest BCUT2D eigenvalue weighted by Crippen LogP contribution is 2.53. The van der Waals surface area contributed by atoms with Gasteiger partial charge >= 0.3 is 30.0 Å². The fourth-order valence-electron chi connectivity index (χ4n) is 10.7. The van der Waals surface area contributed by atoms with Gasteiger partial charge in [-0.1, -0.05) is 46.4 Å². The second-order valence-electron chi connectivity index (χ2n) is 20.8. The zero-order valence-electron chi connectivity index (χ0n) is 49.4. The highest BCUT2D eigenvalue weighted by molar-refractivity contribution is 8.76. The molecule has 10 N–H and O–H groups in total. The van der Waals surface area contributed by atoms with Gasteiger partial charge in [-0.2, -0.15) is 4.98 Å². The number of hydrogen-bond donors (Lipinski definition) is 9. The highest BCUT2D eigenvalue weighted by Gasteiger charge is 2.53. The number of hydrogen-bond acceptors (Lipinski definition) is 21. The molecular weight excluding hydrogens is 1190 g/mol. The van der Waals surface area contributed by atoms with Crippen LogP contribution in [0.5, 0.6) is 0 Å². The minimum Gasteiger partial charge on any atom is -0.480 e. The lowest BCUT2D eigenvalue weighted by Gasteiger charge is -2.36. The normalized spacial score (nSPS) is 15.8. The Kier molecular flexibility index (Phi) is 19.5. The SMILES string of the molecule is C=CC1=C(C)c2cc3[nH]c(cc4nc(cc5[nH]c(cc1n2)c(C)c5CCC(=O)NNC(=O)OCCSSC[C@@H](NC(=O)c1ccc(NCc2cnc5nc(N)[nH]c(=O)c5n2)cc1)C(=O)O)C(CCC(=O)OC)=C4C)[C@@]1(C)C3=CC=C(C(=O)OC)[C@H]1C(=O)OC. The molecule has 462 valence electrons. The predicted octanol–water partition coefficient (Wildman–Crippen LogP) is 6.77. The van der Waals surface area contributed by atoms with E-state index in [1.165, 1.54) is 50.5 Å². The monoisotopic (exact) mass is 1250 g/mol. The summed E-state index contributed by atoms with van der Waals surface area (Å²) < 4.78 is 20.8. The van der Waals surface area contributed by atoms with Crippen LogP contribution in [0.3, 0.4) is 0 Å². The van der Waals surface area contributed by atoms with Crippen LogP contribution in [-0.2, 0) is 61.3 Å². The average Bonchev–Trinajstić information content (AvgIpc) is 1.63. The van der Waals surface area contributed by atoms with Crippen molar-refractivity contribution in [2.75, 3.05) is 50.5 Å². The Morgan fingerprint density at radius 3 is 2.29 bits per heavy atom. The lowest BCUT2D eigenvalue weighted by atomic mass is 9.64. The number of allylic oxidation sites excluding steroid dienone is 8. The van der Waals surface area contributed by atoms with E-state index in [-0.39, 0.29) is 78.6 Å². The van der Waals surface area contributed by atoms with Crippen LogP contribution in [-0.4, -0.2) is 132 Å². The third-order valence-corrected chi connectivity index (χ3v) is 17.8. The van der Waals surface area contributed by atoms with Gasteiger partial charge in [0.15, 0.2) is 11.2 Å². The van der Waals surface area contributed by atoms with Gasteiger partial charge in [0.05, 0.1) is 73.5 Å². The molecule has 1 aliphatic carbocycles. The largest absolute Gasteiger partial charge is 0.480 e. The summed E-state index contributed by atoms with van der Waals surface area (Å²) in [5.74, 6) is -5.17. The average molecular weight is 1250 g/mol. The summed E-state index contributed by atoms with van der Waals surface area (Å²) in [6.45, 7) is 11.8. The van der Waals surface area contributed by atoms with Crippen LogP contribution < -0.4 is 32.8 Å². The molecular formula is C61H63N13O13S2. The van der Waals surface area contributed by atoms with Gasteiger partial charge in [0.2, 0.25) is 11.9 Å². The molecule has 3 aliphatic heterocycles. The lowest BCUT2D eigenvalue weighted by molar-refractivity contribution is -0.149. The standard InChI is InChI=1S/C61H63N13O13S2/c1-9-35-29(2)41-23-46-39-17-14-38(57(81)85-7)51(58(82)86-8)61(39,5)48(69-46)25-42-31(4)37(16-19-50(76)84-6)45(68-42)24-44-36(30(3)40(67-44)22-43(35)66-41)15-18-49(75)73-74-60(83)87-20-21-88-89-28-47(56(79)80)70-54(77)32-10-12-33(13-11-32)63-26-34-27-64-53-52(65-34)55(78)72-59(62)71-53/h9-14,17,22-25,27,47,51,63,67,69H,1,15-16,18-21,26,28H2,2-8H3,(H,70,77)(H,73,75)(H,74,83)(H,79,80)(H3,62,64,71,72,78)/t47-,51+,61-/m1/s1. The molecule has 3 atom stereocenters. The Balaban J connectivity index is 0.851. The number of methoxy groups -OCH3 is 3. The van der Waals surface area contributed by atoms with Gasteiger partial charge < -0.3 is 50.4 Å². The van der Waals surface area contributed by atoms with Crippen molar-refractivity contribution in [3.63, 3.8) is 0 Å². The number of fused-ring (bicyclic) bond motifs is 12. The molecule has 28 heteroatoms. The van der Waals surface area contributed by atoms with E-state index in [0.29, 0.717) is 62.2 Å². The first-order chi connectivity index (χ1) is 42.6. The first-order valence-corrected chi connectivity index (χ1v) is 30.2. The predicted molar refractivity (Wildman–Crippen MR) is 335 cm³/mol. The molecule has 26 nitrogen and oxygen atoms in total. The molecule has 89 heavy (non-hydrogen) atoms. The number of H-pyrrole nitrogens is 3. The third kappa shape index (κ3) is 13.7. The van der Waals surface area contributed by atoms with Crippen molar-refractivity contribution in [3.8, 4) is 0 Å². The van der Waals surface area contributed by atoms with Crippen LogP contribution in [0.4, 0.5) is 16.4 Å². The summed E-state index contributed by atoms with van der Waals surface area (Å²) in [6.07, 6.45) is 5.98. The van der Waals surface area contributed by atoms with Gasteiger partial charge in [-0.15, -0.1) is 0 Å². The van der Waals surface area contributed by atoms with Gasteiger partial charge in [-0.25, -0.2) is 39.7 Å². The number of carbonyl (C=O) groups is 7. The Labute approximate surface area is 516 Å². The molecule has 8 bridgehead atoms. The fourth-order valence-corrected chi connectivity index (χ4v) is 12.7. The minimum atomic E-state index is -1.25. The van der Waals surface area contributed by atoms with E-state index in [2.05, 4.69) is 58.0 Å². The van der Waals surface area contributed by atoms with Crippen LogP contribution in [0.2, 0.25) is 0 Å². The molecule has 9 rings (SSSR count). The molecule has 0 spiro atoms. The number of carboxylic acid groups (broad SMARTS) is 1. The van der Waals surface area contributed by atoms with E-state index < -0.39 is 64.7 Å². The second-order valence-corrected chi connectivity index (χ2v) is 23.4. The number of esters is 3. The molecule has 7 heterocycles. The number of hydrazine groups is 1. The Morgan fingerprint density at radius 2 is 1.57 bits per heavy atom. The number of aryl methyl sites for hydroxylation is 2. The van der Waals surface area contributed by atoms with Gasteiger partial charge in [-0.05, 0) is 122 Å². The maximum absolute atomic E-state index is 13.9. The first kappa shape index (κ1) is 63.4. The van der Waals surface area contributed by atoms with Crippen molar-refractivity contribution in [2.24, 2.45) is 5.92 Å². The number of nitrogen functional groups attached to an aromatic ring is 1. The van der Waals surface area contributed by atoms with E-state index in [4.69, 9.17) is 34.6 Å². The smallest absolute Gasteiger partial charge is 0.426 e. The summed E-state index contributed by atoms with van der Waals surface area (Å²) in [5.41, 5.74) is 20.0. The van der Waals surface area contributed by atoms with Gasteiger partial charge in [0.25, 0.3) is 11.5 Å². The van der Waals surface area contributed by atoms with E-state index in [1.54, 1.807) is 30.4 Å². The quantitative estimate of drug-likeness (QED) is 0.0120. The van der Waals surface area contributed by atoms with Crippen molar-refractivity contribution < 1.29 is 57.6 Å². The number of anilines is 2. The number of nitrogens with one attached hydrogen (secondary N) is 7. The first-order valence-electron chi connectivity index (χ1n) is 27.7. The van der Waals surface area contributed by atoms with Crippen molar-refractivity contribution in [1.29, 1.82) is 0 Å². The molecule has 0 unspecified atom stereocenters. The summed E-state index contributed by atoms with van der Waals surface area (Å²) in [7, 11) is 6.19. The number of aliphatic carboxylic acids is 1. The summed E-state index contributed by atoms with van der Waals surface area (Å²) in [6, 6.07) is 12.5. The van der Waals surface area contributed by atoms with Crippen molar-refractivity contribution >= 4 is 125 Å². The number of aromatic nitrogens is 8. The van der Waals surface area contributed by atoms with Gasteiger partial charge in [0.1, 0.15) is 18.6 Å². The van der Waals surface area contributed by atoms with Crippen molar-refractivity contribution in [1.82, 2.24) is 56.0 Å². The maximum Gasteiger partial charge on any atom is 0.426 e. The van der Waals surface area contributed by atoms with Gasteiger partial charge in [0, 0.05) is 63.6 Å². The molecule has 4 aromatic heterocycles. The summed E-state index contributed by atoms with van der Waals surface area (Å²) >= 11 is 0. The van der Waals surface area contributed by atoms with E-state index in [1.807, 2.05) is 52.0 Å². The molecule has 3 amide bonds. The van der Waals surface area contributed by atoms with E-state index >= 15 is 0 Å². The summed E-state index contributed by atoms with van der Waals surface area (Å²) in [5, 5.41) is 15.5. The molecule has 0 saturated heterocycles. The zero-order valence-corrected chi connectivity index (χ0v) is 51.1. The minimum absolute atomic E-state index is 0.0153. The Bertz CT molecular complexity index is 4170. The van der Waals surface area contributed by atoms with Crippen LogP contribution in [0.15, 0.2) is 89.9 Å². The number of ether oxygens (including phenoxy) is 4. The molecule has 0 radical (unpaired) electrons. The van der Waals surface area contributed by atoms with Crippen LogP contribution in [0.25, 0.3) is 50.1 Å². The van der Waals surface area contributed by atoms with Gasteiger partial charge in [-0.3, -0.25) is 34.4 Å². The van der Waals surface area contributed by atoms with Crippen molar-refractivity contribution in [2.45, 2.75) is 71.4 Å². The number of carboxylic acids is 1. The zero-order chi connectivity index (χ0) is 63.8. The molecule has 5 aromatic rings. The third-order valence-electron chi connectivity index (χ3n) is 15.5. The number of nitrogens with two attached hydrogens (primary N) is 1. The number of benzene rings is 1. The maximum atomic E-state index is 13.9. The number of rotatable bonds is 21. The van der Waals surface area contributed by atoms with E-state index in [0.717, 1.165) is 44.2 Å².